The summed E-state index contributed by atoms with van der Waals surface area (Å²) in [5.41, 5.74) is 6.28. The quantitative estimate of drug-likeness (QED) is 0.928. The first-order valence-electron chi connectivity index (χ1n) is 5.07. The number of nitrogens with zero attached hydrogens (tertiary/aromatic N) is 1. The Morgan fingerprint density at radius 1 is 1.39 bits per heavy atom. The molecule has 0 aliphatic rings. The molecule has 94 valence electrons. The average molecular weight is 332 g/mol. The highest BCUT2D eigenvalue weighted by atomic mass is 79.9. The Labute approximate surface area is 117 Å². The fraction of sp³-hybridized carbons (Fsp3) is 0.0833. The maximum absolute atomic E-state index is 12.9. The van der Waals surface area contributed by atoms with E-state index in [0.717, 1.165) is 5.56 Å². The number of hydrogen-bond donors (Lipinski definition) is 1. The van der Waals surface area contributed by atoms with Crippen molar-refractivity contribution in [3.05, 3.63) is 51.3 Å². The second kappa shape index (κ2) is 5.65. The van der Waals surface area contributed by atoms with E-state index in [0.29, 0.717) is 21.8 Å². The Morgan fingerprint density at radius 2 is 2.17 bits per heavy atom. The summed E-state index contributed by atoms with van der Waals surface area (Å²) < 4.78 is 18.9. The zero-order valence-corrected chi connectivity index (χ0v) is 11.5. The molecule has 2 aromatic rings. The zero-order valence-electron chi connectivity index (χ0n) is 9.16. The van der Waals surface area contributed by atoms with E-state index in [1.165, 1.54) is 18.2 Å². The second-order valence-corrected chi connectivity index (χ2v) is 4.77. The van der Waals surface area contributed by atoms with E-state index in [2.05, 4.69) is 20.9 Å². The molecule has 0 aliphatic heterocycles. The van der Waals surface area contributed by atoms with Crippen LogP contribution in [0.2, 0.25) is 5.02 Å². The van der Waals surface area contributed by atoms with E-state index in [-0.39, 0.29) is 11.7 Å². The van der Waals surface area contributed by atoms with Crippen molar-refractivity contribution in [1.82, 2.24) is 4.98 Å². The number of pyridine rings is 1. The number of aromatic nitrogens is 1. The lowest BCUT2D eigenvalue weighted by molar-refractivity contribution is 0.458. The van der Waals surface area contributed by atoms with E-state index >= 15 is 0 Å². The number of hydrogen-bond acceptors (Lipinski definition) is 3. The van der Waals surface area contributed by atoms with Gasteiger partial charge in [0.05, 0.1) is 4.47 Å². The monoisotopic (exact) mass is 330 g/mol. The van der Waals surface area contributed by atoms with Crippen LogP contribution >= 0.6 is 27.5 Å². The minimum absolute atomic E-state index is 0.251. The van der Waals surface area contributed by atoms with Crippen LogP contribution in [0.3, 0.4) is 0 Å². The van der Waals surface area contributed by atoms with Crippen molar-refractivity contribution >= 4 is 27.5 Å². The van der Waals surface area contributed by atoms with Gasteiger partial charge in [0.1, 0.15) is 16.6 Å². The molecule has 0 aliphatic carbocycles. The van der Waals surface area contributed by atoms with Crippen LogP contribution in [0.15, 0.2) is 34.9 Å². The highest BCUT2D eigenvalue weighted by molar-refractivity contribution is 9.10. The van der Waals surface area contributed by atoms with E-state index in [4.69, 9.17) is 22.1 Å². The summed E-state index contributed by atoms with van der Waals surface area (Å²) in [6, 6.07) is 5.77. The molecule has 0 saturated carbocycles. The third kappa shape index (κ3) is 2.98. The lowest BCUT2D eigenvalue weighted by Crippen LogP contribution is -1.98. The molecule has 0 fully saturated rings. The molecule has 6 heteroatoms. The second-order valence-electron chi connectivity index (χ2n) is 3.51. The molecule has 0 saturated heterocycles. The van der Waals surface area contributed by atoms with Gasteiger partial charge in [0.25, 0.3) is 0 Å². The van der Waals surface area contributed by atoms with Gasteiger partial charge in [-0.2, -0.15) is 0 Å². The molecule has 0 atom stereocenters. The van der Waals surface area contributed by atoms with Gasteiger partial charge in [-0.05, 0) is 45.8 Å². The van der Waals surface area contributed by atoms with Crippen LogP contribution < -0.4 is 10.5 Å². The fourth-order valence-electron chi connectivity index (χ4n) is 1.31. The highest BCUT2D eigenvalue weighted by Crippen LogP contribution is 2.32. The first-order valence-corrected chi connectivity index (χ1v) is 6.24. The zero-order chi connectivity index (χ0) is 13.1. The average Bonchev–Trinajstić information content (AvgIpc) is 2.34. The van der Waals surface area contributed by atoms with Crippen LogP contribution in [0.1, 0.15) is 5.56 Å². The van der Waals surface area contributed by atoms with Gasteiger partial charge >= 0.3 is 0 Å². The highest BCUT2D eigenvalue weighted by Gasteiger charge is 2.09. The third-order valence-electron chi connectivity index (χ3n) is 2.20. The van der Waals surface area contributed by atoms with Gasteiger partial charge in [0, 0.05) is 12.7 Å². The number of benzene rings is 1. The molecule has 0 spiro atoms. The van der Waals surface area contributed by atoms with Gasteiger partial charge in [0.2, 0.25) is 5.88 Å². The molecule has 2 rings (SSSR count). The normalized spacial score (nSPS) is 10.4. The summed E-state index contributed by atoms with van der Waals surface area (Å²) in [6.45, 7) is 0.354. The summed E-state index contributed by atoms with van der Waals surface area (Å²) in [5, 5.41) is 0.356. The summed E-state index contributed by atoms with van der Waals surface area (Å²) in [6.07, 6.45) is 1.58. The van der Waals surface area contributed by atoms with Gasteiger partial charge in [0.15, 0.2) is 0 Å². The predicted molar refractivity (Wildman–Crippen MR) is 71.3 cm³/mol. The molecular weight excluding hydrogens is 323 g/mol. The van der Waals surface area contributed by atoms with E-state index in [1.54, 1.807) is 12.3 Å². The van der Waals surface area contributed by atoms with Crippen molar-refractivity contribution in [3.63, 3.8) is 0 Å². The van der Waals surface area contributed by atoms with Crippen LogP contribution in [0.5, 0.6) is 11.6 Å². The molecule has 2 N–H and O–H groups in total. The van der Waals surface area contributed by atoms with Crippen LogP contribution in [-0.2, 0) is 6.54 Å². The maximum atomic E-state index is 12.9. The van der Waals surface area contributed by atoms with Crippen LogP contribution in [0, 0.1) is 5.82 Å². The first-order chi connectivity index (χ1) is 8.60. The van der Waals surface area contributed by atoms with E-state index in [9.17, 15) is 4.39 Å². The van der Waals surface area contributed by atoms with Crippen LogP contribution in [-0.4, -0.2) is 4.98 Å². The molecule has 0 unspecified atom stereocenters. The van der Waals surface area contributed by atoms with Crippen molar-refractivity contribution in [1.29, 1.82) is 0 Å². The smallest absolute Gasteiger partial charge is 0.238 e. The molecule has 0 bridgehead atoms. The summed E-state index contributed by atoms with van der Waals surface area (Å²) in [7, 11) is 0. The molecule has 1 heterocycles. The standard InChI is InChI=1S/C12H9BrClFN2O/c13-9-4-8(15)1-2-11(9)18-12-10(14)3-7(5-16)6-17-12/h1-4,6H,5,16H2. The van der Waals surface area contributed by atoms with Crippen molar-refractivity contribution in [2.75, 3.05) is 0 Å². The van der Waals surface area contributed by atoms with E-state index in [1.807, 2.05) is 0 Å². The van der Waals surface area contributed by atoms with Crippen LogP contribution in [0.25, 0.3) is 0 Å². The first kappa shape index (κ1) is 13.3. The summed E-state index contributed by atoms with van der Waals surface area (Å²) in [5.74, 6) is 0.333. The summed E-state index contributed by atoms with van der Waals surface area (Å²) in [4.78, 5) is 4.06. The Morgan fingerprint density at radius 3 is 2.78 bits per heavy atom. The van der Waals surface area contributed by atoms with Crippen molar-refractivity contribution in [2.24, 2.45) is 5.73 Å². The largest absolute Gasteiger partial charge is 0.436 e. The number of ether oxygens (including phenoxy) is 1. The molecule has 0 radical (unpaired) electrons. The van der Waals surface area contributed by atoms with Gasteiger partial charge in [-0.3, -0.25) is 0 Å². The SMILES string of the molecule is NCc1cnc(Oc2ccc(F)cc2Br)c(Cl)c1. The Hall–Kier alpha value is -1.17. The van der Waals surface area contributed by atoms with Crippen molar-refractivity contribution in [3.8, 4) is 11.6 Å². The maximum Gasteiger partial charge on any atom is 0.238 e. The van der Waals surface area contributed by atoms with Crippen LogP contribution in [0.4, 0.5) is 4.39 Å². The molecule has 0 amide bonds. The third-order valence-corrected chi connectivity index (χ3v) is 3.09. The minimum atomic E-state index is -0.355. The van der Waals surface area contributed by atoms with Crippen molar-refractivity contribution < 1.29 is 9.13 Å². The molecule has 18 heavy (non-hydrogen) atoms. The number of rotatable bonds is 3. The lowest BCUT2D eigenvalue weighted by Gasteiger charge is -2.09. The Bertz CT molecular complexity index is 580. The topological polar surface area (TPSA) is 48.1 Å². The Balaban J connectivity index is 2.28. The van der Waals surface area contributed by atoms with Gasteiger partial charge in [-0.15, -0.1) is 0 Å². The number of halogens is 3. The Kier molecular flexibility index (Phi) is 4.16. The lowest BCUT2D eigenvalue weighted by atomic mass is 10.3. The fourth-order valence-corrected chi connectivity index (χ4v) is 1.97. The van der Waals surface area contributed by atoms with Gasteiger partial charge in [-0.1, -0.05) is 11.6 Å². The predicted octanol–water partition coefficient (Wildman–Crippen LogP) is 3.89. The van der Waals surface area contributed by atoms with E-state index < -0.39 is 0 Å². The van der Waals surface area contributed by atoms with Gasteiger partial charge < -0.3 is 10.5 Å². The summed E-state index contributed by atoms with van der Waals surface area (Å²) >= 11 is 9.21. The molecular formula is C12H9BrClFN2O. The number of nitrogens with two attached hydrogens (primary N) is 1. The minimum Gasteiger partial charge on any atom is -0.436 e. The van der Waals surface area contributed by atoms with Crippen molar-refractivity contribution in [2.45, 2.75) is 6.54 Å². The van der Waals surface area contributed by atoms with Gasteiger partial charge in [-0.25, -0.2) is 9.37 Å². The molecule has 3 nitrogen and oxygen atoms in total. The molecule has 1 aromatic heterocycles. The molecule has 1 aromatic carbocycles.